The van der Waals surface area contributed by atoms with E-state index in [4.69, 9.17) is 4.74 Å². The van der Waals surface area contributed by atoms with Crippen molar-refractivity contribution in [1.82, 2.24) is 4.31 Å². The maximum atomic E-state index is 13.0. The molecule has 1 atom stereocenters. The predicted octanol–water partition coefficient (Wildman–Crippen LogP) is 3.33. The molecule has 156 valence electrons. The third-order valence-corrected chi connectivity index (χ3v) is 8.00. The molecule has 1 unspecified atom stereocenters. The quantitative estimate of drug-likeness (QED) is 0.701. The number of nitrogens with zero attached hydrogens (tertiary/aromatic N) is 1. The van der Waals surface area contributed by atoms with Gasteiger partial charge in [-0.05, 0) is 51.3 Å². The molecule has 0 radical (unpaired) electrons. The van der Waals surface area contributed by atoms with Crippen LogP contribution in [0, 0.1) is 13.8 Å². The van der Waals surface area contributed by atoms with Gasteiger partial charge in [-0.25, -0.2) is 13.2 Å². The van der Waals surface area contributed by atoms with E-state index in [1.54, 1.807) is 32.0 Å². The van der Waals surface area contributed by atoms with Crippen LogP contribution in [0.15, 0.2) is 35.2 Å². The zero-order chi connectivity index (χ0) is 21.2. The fraction of sp³-hybridized carbons (Fsp3) is 0.400. The fourth-order valence-electron chi connectivity index (χ4n) is 3.38. The third-order valence-electron chi connectivity index (χ3n) is 4.96. The van der Waals surface area contributed by atoms with E-state index >= 15 is 0 Å². The minimum Gasteiger partial charge on any atom is -0.462 e. The number of carbonyl (C=O) groups is 2. The molecule has 1 aliphatic heterocycles. The molecule has 1 N–H and O–H groups in total. The lowest BCUT2D eigenvalue weighted by Crippen LogP contribution is -2.43. The summed E-state index contributed by atoms with van der Waals surface area (Å²) < 4.78 is 32.3. The highest BCUT2D eigenvalue weighted by Gasteiger charge is 2.40. The molecule has 1 aliphatic rings. The Hall–Kier alpha value is -2.23. The summed E-state index contributed by atoms with van der Waals surface area (Å²) in [4.78, 5) is 26.4. The van der Waals surface area contributed by atoms with Crippen molar-refractivity contribution in [2.24, 2.45) is 0 Å². The summed E-state index contributed by atoms with van der Waals surface area (Å²) in [6.45, 7) is 5.89. The number of esters is 1. The Kier molecular flexibility index (Phi) is 6.40. The van der Waals surface area contributed by atoms with Gasteiger partial charge in [0.15, 0.2) is 0 Å². The smallest absolute Gasteiger partial charge is 0.341 e. The normalized spacial score (nSPS) is 17.3. The minimum atomic E-state index is -3.78. The largest absolute Gasteiger partial charge is 0.462 e. The molecule has 0 bridgehead atoms. The van der Waals surface area contributed by atoms with Crippen LogP contribution < -0.4 is 5.32 Å². The molecule has 3 rings (SSSR count). The number of amides is 1. The van der Waals surface area contributed by atoms with E-state index in [0.717, 1.165) is 10.4 Å². The first kappa shape index (κ1) is 21.5. The first-order valence-electron chi connectivity index (χ1n) is 9.42. The second-order valence-corrected chi connectivity index (χ2v) is 9.90. The van der Waals surface area contributed by atoms with E-state index in [1.807, 2.05) is 6.92 Å². The summed E-state index contributed by atoms with van der Waals surface area (Å²) in [6, 6.07) is 7.27. The molecule has 29 heavy (non-hydrogen) atoms. The molecule has 9 heteroatoms. The number of ether oxygens (including phenoxy) is 1. The van der Waals surface area contributed by atoms with Crippen molar-refractivity contribution < 1.29 is 22.7 Å². The lowest BCUT2D eigenvalue weighted by atomic mass is 10.1. The molecule has 0 saturated carbocycles. The molecule has 1 fully saturated rings. The molecule has 1 aromatic heterocycles. The lowest BCUT2D eigenvalue weighted by Gasteiger charge is -2.23. The molecule has 1 saturated heterocycles. The Morgan fingerprint density at radius 1 is 1.24 bits per heavy atom. The van der Waals surface area contributed by atoms with Gasteiger partial charge in [0.05, 0.1) is 17.1 Å². The number of benzene rings is 1. The van der Waals surface area contributed by atoms with E-state index in [2.05, 4.69) is 5.32 Å². The molecule has 0 spiro atoms. The van der Waals surface area contributed by atoms with Crippen molar-refractivity contribution >= 4 is 38.2 Å². The van der Waals surface area contributed by atoms with Crippen LogP contribution in [-0.4, -0.2) is 43.8 Å². The van der Waals surface area contributed by atoms with Gasteiger partial charge >= 0.3 is 5.97 Å². The van der Waals surface area contributed by atoms with Gasteiger partial charge < -0.3 is 10.1 Å². The van der Waals surface area contributed by atoms with Crippen LogP contribution in [0.1, 0.15) is 40.6 Å². The van der Waals surface area contributed by atoms with Crippen LogP contribution in [0.5, 0.6) is 0 Å². The van der Waals surface area contributed by atoms with Crippen LogP contribution >= 0.6 is 11.3 Å². The van der Waals surface area contributed by atoms with E-state index in [-0.39, 0.29) is 18.0 Å². The Morgan fingerprint density at radius 3 is 2.59 bits per heavy atom. The minimum absolute atomic E-state index is 0.162. The number of nitrogens with one attached hydrogen (secondary N) is 1. The Balaban J connectivity index is 1.86. The van der Waals surface area contributed by atoms with Crippen molar-refractivity contribution in [2.45, 2.75) is 44.6 Å². The number of sulfonamides is 1. The van der Waals surface area contributed by atoms with E-state index in [9.17, 15) is 18.0 Å². The first-order chi connectivity index (χ1) is 13.8. The molecule has 2 aromatic rings. The Bertz CT molecular complexity index is 1010. The molecule has 1 aromatic carbocycles. The van der Waals surface area contributed by atoms with Crippen molar-refractivity contribution in [3.63, 3.8) is 0 Å². The highest BCUT2D eigenvalue weighted by Crippen LogP contribution is 2.34. The van der Waals surface area contributed by atoms with Gasteiger partial charge in [-0.3, -0.25) is 4.79 Å². The average Bonchev–Trinajstić information content (AvgIpc) is 3.29. The summed E-state index contributed by atoms with van der Waals surface area (Å²) in [5.41, 5.74) is 1.09. The molecule has 0 aliphatic carbocycles. The van der Waals surface area contributed by atoms with Gasteiger partial charge in [0.1, 0.15) is 11.0 Å². The number of thiophene rings is 1. The summed E-state index contributed by atoms with van der Waals surface area (Å²) in [6.07, 6.45) is 1.02. The van der Waals surface area contributed by atoms with Crippen LogP contribution in [0.2, 0.25) is 0 Å². The van der Waals surface area contributed by atoms with Crippen LogP contribution in [0.25, 0.3) is 0 Å². The van der Waals surface area contributed by atoms with Crippen molar-refractivity contribution in [1.29, 1.82) is 0 Å². The van der Waals surface area contributed by atoms with Crippen molar-refractivity contribution in [2.75, 3.05) is 18.5 Å². The topological polar surface area (TPSA) is 92.8 Å². The number of rotatable bonds is 6. The van der Waals surface area contributed by atoms with E-state index in [1.165, 1.54) is 27.8 Å². The SMILES string of the molecule is CCOC(=O)c1c(NC(=O)C2CCCN2S(=O)(=O)c2ccccc2)sc(C)c1C. The highest BCUT2D eigenvalue weighted by molar-refractivity contribution is 7.89. The van der Waals surface area contributed by atoms with E-state index < -0.39 is 27.9 Å². The monoisotopic (exact) mass is 436 g/mol. The van der Waals surface area contributed by atoms with Gasteiger partial charge in [0, 0.05) is 11.4 Å². The number of hydrogen-bond acceptors (Lipinski definition) is 6. The van der Waals surface area contributed by atoms with Crippen molar-refractivity contribution in [3.8, 4) is 0 Å². The van der Waals surface area contributed by atoms with Gasteiger partial charge in [0.2, 0.25) is 15.9 Å². The average molecular weight is 437 g/mol. The molecule has 7 nitrogen and oxygen atoms in total. The number of aryl methyl sites for hydroxylation is 1. The number of hydrogen-bond donors (Lipinski definition) is 1. The Labute approximate surface area is 174 Å². The maximum Gasteiger partial charge on any atom is 0.341 e. The van der Waals surface area contributed by atoms with Gasteiger partial charge in [-0.1, -0.05) is 18.2 Å². The van der Waals surface area contributed by atoms with Gasteiger partial charge in [-0.2, -0.15) is 4.31 Å². The van der Waals surface area contributed by atoms with Gasteiger partial charge in [0.25, 0.3) is 0 Å². The highest BCUT2D eigenvalue weighted by atomic mass is 32.2. The van der Waals surface area contributed by atoms with Gasteiger partial charge in [-0.15, -0.1) is 11.3 Å². The second-order valence-electron chi connectivity index (χ2n) is 6.78. The summed E-state index contributed by atoms with van der Waals surface area (Å²) in [5.74, 6) is -0.932. The van der Waals surface area contributed by atoms with Crippen LogP contribution in [0.3, 0.4) is 0 Å². The standard InChI is InChI=1S/C20H24N2O5S2/c1-4-27-20(24)17-13(2)14(3)28-19(17)21-18(23)16-11-8-12-22(16)29(25,26)15-9-6-5-7-10-15/h5-7,9-10,16H,4,8,11-12H2,1-3H3,(H,21,23). The predicted molar refractivity (Wildman–Crippen MR) is 112 cm³/mol. The summed E-state index contributed by atoms with van der Waals surface area (Å²) in [5, 5.41) is 3.18. The molecule has 1 amide bonds. The molecule has 2 heterocycles. The second kappa shape index (κ2) is 8.64. The summed E-state index contributed by atoms with van der Waals surface area (Å²) >= 11 is 1.29. The zero-order valence-corrected chi connectivity index (χ0v) is 18.2. The van der Waals surface area contributed by atoms with Crippen LogP contribution in [-0.2, 0) is 19.6 Å². The third kappa shape index (κ3) is 4.22. The summed E-state index contributed by atoms with van der Waals surface area (Å²) in [7, 11) is -3.78. The lowest BCUT2D eigenvalue weighted by molar-refractivity contribution is -0.119. The zero-order valence-electron chi connectivity index (χ0n) is 16.6. The maximum absolute atomic E-state index is 13.0. The van der Waals surface area contributed by atoms with Crippen molar-refractivity contribution in [3.05, 3.63) is 46.3 Å². The number of anilines is 1. The first-order valence-corrected chi connectivity index (χ1v) is 11.7. The fourth-order valence-corrected chi connectivity index (χ4v) is 6.11. The molecular weight excluding hydrogens is 412 g/mol. The Morgan fingerprint density at radius 2 is 1.93 bits per heavy atom. The molecular formula is C20H24N2O5S2. The number of carbonyl (C=O) groups excluding carboxylic acids is 2. The van der Waals surface area contributed by atoms with Crippen LogP contribution in [0.4, 0.5) is 5.00 Å². The van der Waals surface area contributed by atoms with E-state index in [0.29, 0.717) is 23.4 Å².